The topological polar surface area (TPSA) is 87.0 Å². The molecule has 0 aliphatic heterocycles. The lowest BCUT2D eigenvalue weighted by atomic mass is 10.0. The molecular weight excluding hydrogens is 548 g/mol. The van der Waals surface area contributed by atoms with Crippen LogP contribution in [0.4, 0.5) is 32.0 Å². The van der Waals surface area contributed by atoms with Gasteiger partial charge in [-0.2, -0.15) is 26.3 Å². The molecule has 3 aromatic carbocycles. The molecule has 1 amide bonds. The highest BCUT2D eigenvalue weighted by molar-refractivity contribution is 5.92. The molecule has 1 aromatic heterocycles. The van der Waals surface area contributed by atoms with Gasteiger partial charge in [-0.05, 0) is 48.0 Å². The highest BCUT2D eigenvalue weighted by Gasteiger charge is 2.39. The van der Waals surface area contributed by atoms with Crippen LogP contribution in [0.25, 0.3) is 22.1 Å². The zero-order valence-corrected chi connectivity index (χ0v) is 20.7. The van der Waals surface area contributed by atoms with Crippen LogP contribution in [0.2, 0.25) is 0 Å². The van der Waals surface area contributed by atoms with E-state index in [9.17, 15) is 35.9 Å². The minimum atomic E-state index is -5.06. The molecule has 13 heteroatoms. The molecule has 210 valence electrons. The number of nitrogens with one attached hydrogen (secondary N) is 1. The molecule has 0 atom stereocenters. The van der Waals surface area contributed by atoms with E-state index >= 15 is 0 Å². The van der Waals surface area contributed by atoms with Gasteiger partial charge in [0, 0.05) is 11.8 Å². The van der Waals surface area contributed by atoms with Crippen LogP contribution in [-0.4, -0.2) is 26.7 Å². The minimum absolute atomic E-state index is 0.0970. The van der Waals surface area contributed by atoms with Crippen molar-refractivity contribution in [2.75, 3.05) is 26.1 Å². The molecular formula is C27H19F6NO6. The maximum Gasteiger partial charge on any atom is 0.450 e. The van der Waals surface area contributed by atoms with Crippen LogP contribution in [0.5, 0.6) is 17.2 Å². The van der Waals surface area contributed by atoms with Crippen molar-refractivity contribution in [3.63, 3.8) is 0 Å². The van der Waals surface area contributed by atoms with Gasteiger partial charge in [0.15, 0.2) is 18.1 Å². The molecule has 0 radical (unpaired) electrons. The second kappa shape index (κ2) is 10.8. The Morgan fingerprint density at radius 3 is 2.25 bits per heavy atom. The van der Waals surface area contributed by atoms with Crippen molar-refractivity contribution in [1.29, 1.82) is 0 Å². The molecule has 1 heterocycles. The van der Waals surface area contributed by atoms with E-state index < -0.39 is 52.8 Å². The van der Waals surface area contributed by atoms with Gasteiger partial charge in [-0.15, -0.1) is 0 Å². The van der Waals surface area contributed by atoms with E-state index in [4.69, 9.17) is 18.6 Å². The summed E-state index contributed by atoms with van der Waals surface area (Å²) in [5.41, 5.74) is -3.40. The molecule has 4 rings (SSSR count). The smallest absolute Gasteiger partial charge is 0.450 e. The van der Waals surface area contributed by atoms with Gasteiger partial charge in [0.1, 0.15) is 11.3 Å². The molecule has 1 N–H and O–H groups in total. The van der Waals surface area contributed by atoms with E-state index in [0.717, 1.165) is 24.3 Å². The van der Waals surface area contributed by atoms with E-state index in [1.165, 1.54) is 50.6 Å². The third-order valence-electron chi connectivity index (χ3n) is 5.64. The standard InChI is InChI=1S/C27H19F6NO6/c1-37-19-9-6-14(10-21(19)38-2)23-24(36)18-8-7-17(12-20(18)40-25(23)27(31,32)33)39-13-22(35)34-16-5-3-4-15(11-16)26(28,29)30/h3-12H,13H2,1-2H3,(H,34,35). The van der Waals surface area contributed by atoms with Crippen molar-refractivity contribution < 1.29 is 49.8 Å². The second-order valence-electron chi connectivity index (χ2n) is 8.28. The van der Waals surface area contributed by atoms with Crippen molar-refractivity contribution in [2.45, 2.75) is 12.4 Å². The van der Waals surface area contributed by atoms with Crippen LogP contribution in [0.3, 0.4) is 0 Å². The number of methoxy groups -OCH3 is 2. The normalized spacial score (nSPS) is 11.8. The molecule has 0 bridgehead atoms. The van der Waals surface area contributed by atoms with Crippen molar-refractivity contribution in [3.05, 3.63) is 82.2 Å². The first-order valence-corrected chi connectivity index (χ1v) is 11.3. The van der Waals surface area contributed by atoms with Crippen LogP contribution in [0.15, 0.2) is 69.9 Å². The van der Waals surface area contributed by atoms with Gasteiger partial charge >= 0.3 is 12.4 Å². The van der Waals surface area contributed by atoms with E-state index in [1.807, 2.05) is 0 Å². The van der Waals surface area contributed by atoms with Gasteiger partial charge in [-0.1, -0.05) is 12.1 Å². The monoisotopic (exact) mass is 567 g/mol. The lowest BCUT2D eigenvalue weighted by Gasteiger charge is -2.15. The Morgan fingerprint density at radius 2 is 1.60 bits per heavy atom. The average Bonchev–Trinajstić information content (AvgIpc) is 2.90. The summed E-state index contributed by atoms with van der Waals surface area (Å²) < 4.78 is 101. The molecule has 4 aromatic rings. The van der Waals surface area contributed by atoms with Gasteiger partial charge < -0.3 is 23.9 Å². The summed E-state index contributed by atoms with van der Waals surface area (Å²) >= 11 is 0. The Kier molecular flexibility index (Phi) is 7.67. The zero-order valence-electron chi connectivity index (χ0n) is 20.7. The number of fused-ring (bicyclic) bond motifs is 1. The highest BCUT2D eigenvalue weighted by Crippen LogP contribution is 2.40. The quantitative estimate of drug-likeness (QED) is 0.256. The van der Waals surface area contributed by atoms with E-state index in [2.05, 4.69) is 5.32 Å². The van der Waals surface area contributed by atoms with Gasteiger partial charge in [-0.3, -0.25) is 9.59 Å². The molecule has 7 nitrogen and oxygen atoms in total. The summed E-state index contributed by atoms with van der Waals surface area (Å²) in [6, 6.07) is 11.2. The average molecular weight is 567 g/mol. The fraction of sp³-hybridized carbons (Fsp3) is 0.185. The molecule has 0 fully saturated rings. The zero-order chi connectivity index (χ0) is 29.2. The number of hydrogen-bond acceptors (Lipinski definition) is 6. The summed E-state index contributed by atoms with van der Waals surface area (Å²) in [5.74, 6) is -2.18. The summed E-state index contributed by atoms with van der Waals surface area (Å²) in [5, 5.41) is 2.04. The molecule has 40 heavy (non-hydrogen) atoms. The third-order valence-corrected chi connectivity index (χ3v) is 5.64. The molecule has 0 saturated heterocycles. The Morgan fingerprint density at radius 1 is 0.875 bits per heavy atom. The summed E-state index contributed by atoms with van der Waals surface area (Å²) in [6.45, 7) is -0.693. The second-order valence-corrected chi connectivity index (χ2v) is 8.28. The molecule has 0 aliphatic carbocycles. The van der Waals surface area contributed by atoms with Crippen LogP contribution >= 0.6 is 0 Å². The Labute approximate surface area is 221 Å². The predicted molar refractivity (Wildman–Crippen MR) is 132 cm³/mol. The van der Waals surface area contributed by atoms with Gasteiger partial charge in [-0.25, -0.2) is 0 Å². The predicted octanol–water partition coefficient (Wildman–Crippen LogP) is 6.53. The number of amides is 1. The molecule has 0 aliphatic rings. The maximum absolute atomic E-state index is 14.0. The fourth-order valence-electron chi connectivity index (χ4n) is 3.84. The Balaban J connectivity index is 1.63. The van der Waals surface area contributed by atoms with Crippen LogP contribution in [0.1, 0.15) is 11.3 Å². The molecule has 0 saturated carbocycles. The van der Waals surface area contributed by atoms with E-state index in [1.54, 1.807) is 0 Å². The van der Waals surface area contributed by atoms with Crippen molar-refractivity contribution >= 4 is 22.6 Å². The molecule has 0 unspecified atom stereocenters. The number of anilines is 1. The number of rotatable bonds is 7. The summed E-state index contributed by atoms with van der Waals surface area (Å²) in [7, 11) is 2.63. The van der Waals surface area contributed by atoms with Crippen molar-refractivity contribution in [2.24, 2.45) is 0 Å². The lowest BCUT2D eigenvalue weighted by molar-refractivity contribution is -0.152. The van der Waals surface area contributed by atoms with Crippen molar-refractivity contribution in [1.82, 2.24) is 0 Å². The SMILES string of the molecule is COc1ccc(-c2c(C(F)(F)F)oc3cc(OCC(=O)Nc4cccc(C(F)(F)F)c4)ccc3c2=O)cc1OC. The Bertz CT molecular complexity index is 1630. The van der Waals surface area contributed by atoms with Gasteiger partial charge in [0.05, 0.1) is 30.7 Å². The lowest BCUT2D eigenvalue weighted by Crippen LogP contribution is -2.20. The van der Waals surface area contributed by atoms with Crippen LogP contribution in [-0.2, 0) is 17.1 Å². The first kappa shape index (κ1) is 28.3. The van der Waals surface area contributed by atoms with Crippen LogP contribution < -0.4 is 25.0 Å². The van der Waals surface area contributed by atoms with Gasteiger partial charge in [0.2, 0.25) is 11.2 Å². The number of ether oxygens (including phenoxy) is 3. The largest absolute Gasteiger partial charge is 0.493 e. The Hall–Kier alpha value is -4.68. The molecule has 0 spiro atoms. The van der Waals surface area contributed by atoms with Crippen molar-refractivity contribution in [3.8, 4) is 28.4 Å². The first-order chi connectivity index (χ1) is 18.8. The number of benzene rings is 3. The number of alkyl halides is 6. The number of hydrogen-bond donors (Lipinski definition) is 1. The number of carbonyl (C=O) groups is 1. The maximum atomic E-state index is 14.0. The number of halogens is 6. The van der Waals surface area contributed by atoms with E-state index in [-0.39, 0.29) is 33.9 Å². The first-order valence-electron chi connectivity index (χ1n) is 11.3. The third kappa shape index (κ3) is 5.98. The highest BCUT2D eigenvalue weighted by atomic mass is 19.4. The summed E-state index contributed by atoms with van der Waals surface area (Å²) in [6.07, 6.45) is -9.67. The summed E-state index contributed by atoms with van der Waals surface area (Å²) in [4.78, 5) is 25.4. The number of carbonyl (C=O) groups excluding carboxylic acids is 1. The van der Waals surface area contributed by atoms with E-state index in [0.29, 0.717) is 0 Å². The minimum Gasteiger partial charge on any atom is -0.493 e. The van der Waals surface area contributed by atoms with Gasteiger partial charge in [0.25, 0.3) is 5.91 Å². The van der Waals surface area contributed by atoms with Crippen LogP contribution in [0, 0.1) is 0 Å². The fourth-order valence-corrected chi connectivity index (χ4v) is 3.84.